The van der Waals surface area contributed by atoms with Crippen molar-refractivity contribution in [1.29, 1.82) is 0 Å². The quantitative estimate of drug-likeness (QED) is 0.520. The molecule has 1 heterocycles. The number of Topliss-reactive ketones (excluding diaryl/α,β-unsaturated/α-hetero) is 1. The number of ketones is 1. The van der Waals surface area contributed by atoms with Crippen molar-refractivity contribution in [3.05, 3.63) is 53.1 Å². The molecule has 0 aliphatic rings. The molecule has 0 saturated heterocycles. The van der Waals surface area contributed by atoms with Crippen LogP contribution in [0, 0.1) is 12.3 Å². The van der Waals surface area contributed by atoms with Crippen LogP contribution in [0.1, 0.15) is 71.1 Å². The Labute approximate surface area is 174 Å². The van der Waals surface area contributed by atoms with Crippen molar-refractivity contribution in [1.82, 2.24) is 15.0 Å². The van der Waals surface area contributed by atoms with Gasteiger partial charge in [-0.1, -0.05) is 59.7 Å². The van der Waals surface area contributed by atoms with Gasteiger partial charge < -0.3 is 0 Å². The molecule has 0 N–H and O–H groups in total. The molecule has 0 amide bonds. The molecule has 4 nitrogen and oxygen atoms in total. The van der Waals surface area contributed by atoms with Gasteiger partial charge in [0.25, 0.3) is 0 Å². The zero-order chi connectivity index (χ0) is 21.4. The number of hydrogen-bond donors (Lipinski definition) is 0. The van der Waals surface area contributed by atoms with Gasteiger partial charge in [-0.2, -0.15) is 4.80 Å². The summed E-state index contributed by atoms with van der Waals surface area (Å²) in [4.78, 5) is 14.4. The summed E-state index contributed by atoms with van der Waals surface area (Å²) in [7, 11) is 0. The molecule has 0 spiro atoms. The zero-order valence-corrected chi connectivity index (χ0v) is 18.8. The molecule has 0 unspecified atom stereocenters. The molecule has 0 radical (unpaired) electrons. The van der Waals surface area contributed by atoms with E-state index in [0.717, 1.165) is 35.1 Å². The summed E-state index contributed by atoms with van der Waals surface area (Å²) in [6.45, 7) is 15.0. The fourth-order valence-electron chi connectivity index (χ4n) is 3.65. The van der Waals surface area contributed by atoms with Crippen LogP contribution in [0.3, 0.4) is 0 Å². The van der Waals surface area contributed by atoms with E-state index in [1.165, 1.54) is 11.1 Å². The third-order valence-corrected chi connectivity index (χ3v) is 6.03. The number of hydrogen-bond acceptors (Lipinski definition) is 3. The van der Waals surface area contributed by atoms with Gasteiger partial charge in [0.1, 0.15) is 16.8 Å². The lowest BCUT2D eigenvalue weighted by atomic mass is 9.80. The van der Waals surface area contributed by atoms with Gasteiger partial charge in [-0.3, -0.25) is 4.79 Å². The van der Waals surface area contributed by atoms with Crippen LogP contribution >= 0.6 is 0 Å². The summed E-state index contributed by atoms with van der Waals surface area (Å²) in [5.74, 6) is 0.322. The van der Waals surface area contributed by atoms with Crippen molar-refractivity contribution in [2.24, 2.45) is 5.41 Å². The Balaban J connectivity index is 2.04. The van der Waals surface area contributed by atoms with Crippen molar-refractivity contribution in [2.45, 2.75) is 73.1 Å². The first-order valence-corrected chi connectivity index (χ1v) is 10.5. The molecule has 3 aromatic rings. The van der Waals surface area contributed by atoms with E-state index in [2.05, 4.69) is 46.8 Å². The van der Waals surface area contributed by atoms with E-state index in [9.17, 15) is 4.79 Å². The number of nitrogens with zero attached hydrogens (tertiary/aromatic N) is 3. The number of carbonyl (C=O) groups excluding carboxylic acids is 1. The Morgan fingerprint density at radius 3 is 2.10 bits per heavy atom. The van der Waals surface area contributed by atoms with Gasteiger partial charge in [-0.05, 0) is 60.1 Å². The Kier molecular flexibility index (Phi) is 5.66. The van der Waals surface area contributed by atoms with Crippen LogP contribution in [0.4, 0.5) is 0 Å². The lowest BCUT2D eigenvalue weighted by molar-refractivity contribution is -0.127. The molecule has 4 heteroatoms. The molecule has 3 rings (SSSR count). The second-order valence-corrected chi connectivity index (χ2v) is 9.68. The van der Waals surface area contributed by atoms with Crippen molar-refractivity contribution >= 4 is 16.8 Å². The van der Waals surface area contributed by atoms with E-state index in [4.69, 9.17) is 10.2 Å². The molecular formula is C25H33N3O. The second kappa shape index (κ2) is 7.74. The average Bonchev–Trinajstić information content (AvgIpc) is 3.09. The summed E-state index contributed by atoms with van der Waals surface area (Å²) >= 11 is 0. The molecule has 0 atom stereocenters. The van der Waals surface area contributed by atoms with Crippen LogP contribution in [0.25, 0.3) is 16.7 Å². The number of benzene rings is 2. The van der Waals surface area contributed by atoms with Gasteiger partial charge in [0.15, 0.2) is 0 Å². The third kappa shape index (κ3) is 4.42. The Bertz CT molecular complexity index is 1000. The lowest BCUT2D eigenvalue weighted by Gasteiger charge is -2.25. The van der Waals surface area contributed by atoms with E-state index < -0.39 is 0 Å². The lowest BCUT2D eigenvalue weighted by Crippen LogP contribution is -2.23. The van der Waals surface area contributed by atoms with E-state index in [1.54, 1.807) is 4.80 Å². The summed E-state index contributed by atoms with van der Waals surface area (Å²) < 4.78 is 0. The highest BCUT2D eigenvalue weighted by Crippen LogP contribution is 2.32. The highest BCUT2D eigenvalue weighted by atomic mass is 16.1. The first-order valence-electron chi connectivity index (χ1n) is 10.5. The van der Waals surface area contributed by atoms with Crippen LogP contribution < -0.4 is 0 Å². The van der Waals surface area contributed by atoms with Gasteiger partial charge in [-0.15, -0.1) is 10.2 Å². The first-order chi connectivity index (χ1) is 13.5. The number of carbonyl (C=O) groups is 1. The van der Waals surface area contributed by atoms with Gasteiger partial charge in [0.05, 0.1) is 5.69 Å². The minimum atomic E-state index is -0.262. The highest BCUT2D eigenvalue weighted by molar-refractivity contribution is 5.84. The van der Waals surface area contributed by atoms with Crippen LogP contribution in [0.5, 0.6) is 0 Å². The molecule has 0 fully saturated rings. The number of fused-ring (bicyclic) bond motifs is 1. The van der Waals surface area contributed by atoms with Gasteiger partial charge >= 0.3 is 0 Å². The van der Waals surface area contributed by atoms with Crippen LogP contribution in [0.2, 0.25) is 0 Å². The minimum Gasteiger partial charge on any atom is -0.299 e. The molecule has 154 valence electrons. The summed E-state index contributed by atoms with van der Waals surface area (Å²) in [5, 5.41) is 9.39. The molecular weight excluding hydrogens is 358 g/mol. The molecule has 2 aromatic carbocycles. The van der Waals surface area contributed by atoms with Crippen molar-refractivity contribution < 1.29 is 4.79 Å². The maximum absolute atomic E-state index is 12.7. The van der Waals surface area contributed by atoms with E-state index >= 15 is 0 Å². The van der Waals surface area contributed by atoms with Crippen LogP contribution in [-0.4, -0.2) is 20.8 Å². The molecule has 0 saturated carbocycles. The number of aromatic nitrogens is 3. The monoisotopic (exact) mass is 391 g/mol. The molecule has 1 aromatic heterocycles. The standard InChI is InChI=1S/C25H33N3O/c1-8-25(6,7)23(29)14-13-18-15-19(24(3,4)5)17(2)22(16-18)28-26-20-11-9-10-12-21(20)27-28/h9-12,15-16H,8,13-14H2,1-7H3. The smallest absolute Gasteiger partial charge is 0.138 e. The predicted octanol–water partition coefficient (Wildman–Crippen LogP) is 5.96. The Hall–Kier alpha value is -2.49. The van der Waals surface area contributed by atoms with Crippen LogP contribution in [0.15, 0.2) is 36.4 Å². The third-order valence-electron chi connectivity index (χ3n) is 6.03. The summed E-state index contributed by atoms with van der Waals surface area (Å²) in [5.41, 5.74) is 6.11. The van der Waals surface area contributed by atoms with Crippen LogP contribution in [-0.2, 0) is 16.6 Å². The topological polar surface area (TPSA) is 47.8 Å². The number of rotatable bonds is 6. The zero-order valence-electron chi connectivity index (χ0n) is 18.8. The minimum absolute atomic E-state index is 0.00584. The predicted molar refractivity (Wildman–Crippen MR) is 120 cm³/mol. The molecule has 29 heavy (non-hydrogen) atoms. The number of aryl methyl sites for hydroxylation is 1. The molecule has 0 aliphatic heterocycles. The molecule has 0 aliphatic carbocycles. The summed E-state index contributed by atoms with van der Waals surface area (Å²) in [6, 6.07) is 12.3. The largest absolute Gasteiger partial charge is 0.299 e. The van der Waals surface area contributed by atoms with Gasteiger partial charge in [0, 0.05) is 11.8 Å². The fourth-order valence-corrected chi connectivity index (χ4v) is 3.65. The Morgan fingerprint density at radius 1 is 1.00 bits per heavy atom. The van der Waals surface area contributed by atoms with E-state index in [-0.39, 0.29) is 10.8 Å². The summed E-state index contributed by atoms with van der Waals surface area (Å²) in [6.07, 6.45) is 2.16. The first kappa shape index (κ1) is 21.2. The average molecular weight is 392 g/mol. The van der Waals surface area contributed by atoms with Crippen molar-refractivity contribution in [2.75, 3.05) is 0 Å². The highest BCUT2D eigenvalue weighted by Gasteiger charge is 2.25. The maximum atomic E-state index is 12.7. The maximum Gasteiger partial charge on any atom is 0.138 e. The van der Waals surface area contributed by atoms with Crippen molar-refractivity contribution in [3.8, 4) is 5.69 Å². The van der Waals surface area contributed by atoms with Gasteiger partial charge in [-0.25, -0.2) is 0 Å². The Morgan fingerprint density at radius 2 is 1.59 bits per heavy atom. The normalized spacial score (nSPS) is 12.5. The van der Waals surface area contributed by atoms with Crippen molar-refractivity contribution in [3.63, 3.8) is 0 Å². The van der Waals surface area contributed by atoms with Gasteiger partial charge in [0.2, 0.25) is 0 Å². The second-order valence-electron chi connectivity index (χ2n) is 9.68. The van der Waals surface area contributed by atoms with E-state index in [1.807, 2.05) is 38.1 Å². The fraction of sp³-hybridized carbons (Fsp3) is 0.480. The van der Waals surface area contributed by atoms with E-state index in [0.29, 0.717) is 12.2 Å². The molecule has 0 bridgehead atoms. The SMILES string of the molecule is CCC(C)(C)C(=O)CCc1cc(-n2nc3ccccc3n2)c(C)c(C(C)(C)C)c1.